The Bertz CT molecular complexity index is 803. The first-order valence-electron chi connectivity index (χ1n) is 6.33. The predicted octanol–water partition coefficient (Wildman–Crippen LogP) is 3.73. The first-order valence-corrected chi connectivity index (χ1v) is 7.15. The summed E-state index contributed by atoms with van der Waals surface area (Å²) in [4.78, 5) is 17.9. The number of fused-ring (bicyclic) bond motifs is 1. The molecule has 2 heterocycles. The Morgan fingerprint density at radius 1 is 1.10 bits per heavy atom. The largest absolute Gasteiger partial charge is 0.390 e. The van der Waals surface area contributed by atoms with Crippen LogP contribution in [0.25, 0.3) is 10.2 Å². The molecular weight excluding hydrogens is 268 g/mol. The number of hydrogen-bond acceptors (Lipinski definition) is 4. The maximum absolute atomic E-state index is 12.6. The second kappa shape index (κ2) is 4.72. The van der Waals surface area contributed by atoms with Gasteiger partial charge in [0.25, 0.3) is 0 Å². The van der Waals surface area contributed by atoms with Crippen LogP contribution in [0.1, 0.15) is 27.2 Å². The van der Waals surface area contributed by atoms with Gasteiger partial charge in [-0.25, -0.2) is 4.98 Å². The molecule has 0 radical (unpaired) electrons. The van der Waals surface area contributed by atoms with Crippen molar-refractivity contribution in [2.24, 2.45) is 0 Å². The molecule has 20 heavy (non-hydrogen) atoms. The van der Waals surface area contributed by atoms with Crippen molar-refractivity contribution in [2.75, 3.05) is 5.73 Å². The van der Waals surface area contributed by atoms with Crippen molar-refractivity contribution in [3.05, 3.63) is 58.8 Å². The lowest BCUT2D eigenvalue weighted by Crippen LogP contribution is -2.03. The van der Waals surface area contributed by atoms with Gasteiger partial charge in [-0.05, 0) is 26.0 Å². The van der Waals surface area contributed by atoms with Crippen LogP contribution >= 0.6 is 11.3 Å². The zero-order chi connectivity index (χ0) is 14.3. The van der Waals surface area contributed by atoms with Gasteiger partial charge in [0.2, 0.25) is 0 Å². The number of carbonyl (C=O) groups is 1. The Morgan fingerprint density at radius 2 is 1.80 bits per heavy atom. The van der Waals surface area contributed by atoms with Gasteiger partial charge in [0, 0.05) is 16.6 Å². The normalized spacial score (nSPS) is 10.9. The van der Waals surface area contributed by atoms with Crippen LogP contribution in [0.4, 0.5) is 5.00 Å². The molecule has 0 aliphatic carbocycles. The lowest BCUT2D eigenvalue weighted by Gasteiger charge is -2.02. The molecule has 0 aliphatic heterocycles. The van der Waals surface area contributed by atoms with E-state index < -0.39 is 0 Å². The standard InChI is InChI=1S/C16H14N2OS/c1-9-3-6-11(7-4-9)14(19)13-12-8-5-10(2)18-16(12)20-15(13)17/h3-8H,17H2,1-2H3. The lowest BCUT2D eigenvalue weighted by atomic mass is 10.0. The van der Waals surface area contributed by atoms with Gasteiger partial charge in [-0.1, -0.05) is 41.2 Å². The van der Waals surface area contributed by atoms with Gasteiger partial charge >= 0.3 is 0 Å². The fourth-order valence-corrected chi connectivity index (χ4v) is 3.16. The van der Waals surface area contributed by atoms with Crippen molar-refractivity contribution in [2.45, 2.75) is 13.8 Å². The Balaban J connectivity index is 2.16. The molecular formula is C16H14N2OS. The van der Waals surface area contributed by atoms with E-state index in [0.29, 0.717) is 16.1 Å². The third-order valence-corrected chi connectivity index (χ3v) is 4.19. The SMILES string of the molecule is Cc1ccc(C(=O)c2c(N)sc3nc(C)ccc23)cc1. The van der Waals surface area contributed by atoms with Gasteiger partial charge < -0.3 is 5.73 Å². The highest BCUT2D eigenvalue weighted by atomic mass is 32.1. The molecule has 0 amide bonds. The summed E-state index contributed by atoms with van der Waals surface area (Å²) in [6.07, 6.45) is 0. The molecule has 0 bridgehead atoms. The zero-order valence-corrected chi connectivity index (χ0v) is 12.1. The van der Waals surface area contributed by atoms with Crippen LogP contribution in [0.2, 0.25) is 0 Å². The van der Waals surface area contributed by atoms with Gasteiger partial charge in [0.15, 0.2) is 5.78 Å². The number of pyridine rings is 1. The average Bonchev–Trinajstić information content (AvgIpc) is 2.73. The summed E-state index contributed by atoms with van der Waals surface area (Å²) >= 11 is 1.36. The minimum Gasteiger partial charge on any atom is -0.390 e. The Morgan fingerprint density at radius 3 is 2.50 bits per heavy atom. The van der Waals surface area contributed by atoms with E-state index in [2.05, 4.69) is 4.98 Å². The second-order valence-electron chi connectivity index (χ2n) is 4.84. The topological polar surface area (TPSA) is 56.0 Å². The smallest absolute Gasteiger partial charge is 0.196 e. The number of carbonyl (C=O) groups excluding carboxylic acids is 1. The van der Waals surface area contributed by atoms with E-state index in [9.17, 15) is 4.79 Å². The number of aromatic nitrogens is 1. The molecule has 0 atom stereocenters. The summed E-state index contributed by atoms with van der Waals surface area (Å²) in [5.74, 6) is -0.0422. The second-order valence-corrected chi connectivity index (χ2v) is 5.87. The molecule has 0 unspecified atom stereocenters. The van der Waals surface area contributed by atoms with E-state index in [1.807, 2.05) is 50.2 Å². The first kappa shape index (κ1) is 12.8. The Kier molecular flexibility index (Phi) is 3.03. The molecule has 2 aromatic heterocycles. The Hall–Kier alpha value is -2.20. The maximum Gasteiger partial charge on any atom is 0.196 e. The monoisotopic (exact) mass is 282 g/mol. The number of ketones is 1. The number of nitrogens with two attached hydrogens (primary N) is 1. The highest BCUT2D eigenvalue weighted by molar-refractivity contribution is 7.22. The van der Waals surface area contributed by atoms with Crippen LogP contribution in [0.15, 0.2) is 36.4 Å². The minimum atomic E-state index is -0.0422. The van der Waals surface area contributed by atoms with E-state index in [1.165, 1.54) is 11.3 Å². The van der Waals surface area contributed by atoms with E-state index in [0.717, 1.165) is 21.5 Å². The summed E-state index contributed by atoms with van der Waals surface area (Å²) in [5, 5.41) is 1.37. The van der Waals surface area contributed by atoms with Crippen LogP contribution in [-0.2, 0) is 0 Å². The fraction of sp³-hybridized carbons (Fsp3) is 0.125. The van der Waals surface area contributed by atoms with E-state index in [-0.39, 0.29) is 5.78 Å². The summed E-state index contributed by atoms with van der Waals surface area (Å²) in [6, 6.07) is 11.4. The van der Waals surface area contributed by atoms with Gasteiger partial charge in [-0.2, -0.15) is 0 Å². The highest BCUT2D eigenvalue weighted by Gasteiger charge is 2.19. The molecule has 0 aliphatic rings. The molecule has 0 saturated heterocycles. The summed E-state index contributed by atoms with van der Waals surface area (Å²) in [5.41, 5.74) is 9.31. The van der Waals surface area contributed by atoms with Crippen molar-refractivity contribution in [1.29, 1.82) is 0 Å². The van der Waals surface area contributed by atoms with Crippen LogP contribution in [0.5, 0.6) is 0 Å². The van der Waals surface area contributed by atoms with Gasteiger partial charge in [-0.3, -0.25) is 4.79 Å². The lowest BCUT2D eigenvalue weighted by molar-refractivity contribution is 0.104. The number of nitrogens with zero attached hydrogens (tertiary/aromatic N) is 1. The minimum absolute atomic E-state index is 0.0422. The number of thiophene rings is 1. The summed E-state index contributed by atoms with van der Waals surface area (Å²) in [6.45, 7) is 3.92. The quantitative estimate of drug-likeness (QED) is 0.729. The van der Waals surface area contributed by atoms with Crippen molar-refractivity contribution < 1.29 is 4.79 Å². The summed E-state index contributed by atoms with van der Waals surface area (Å²) < 4.78 is 0. The van der Waals surface area contributed by atoms with Gasteiger partial charge in [0.1, 0.15) is 4.83 Å². The van der Waals surface area contributed by atoms with E-state index >= 15 is 0 Å². The van der Waals surface area contributed by atoms with Gasteiger partial charge in [-0.15, -0.1) is 0 Å². The molecule has 3 rings (SSSR count). The third kappa shape index (κ3) is 2.08. The molecule has 3 nitrogen and oxygen atoms in total. The molecule has 0 fully saturated rings. The molecule has 1 aromatic carbocycles. The number of hydrogen-bond donors (Lipinski definition) is 1. The van der Waals surface area contributed by atoms with E-state index in [4.69, 9.17) is 5.73 Å². The number of nitrogen functional groups attached to an aromatic ring is 1. The highest BCUT2D eigenvalue weighted by Crippen LogP contribution is 2.34. The number of benzene rings is 1. The molecule has 4 heteroatoms. The van der Waals surface area contributed by atoms with Crippen LogP contribution in [0.3, 0.4) is 0 Å². The number of aryl methyl sites for hydroxylation is 2. The number of rotatable bonds is 2. The molecule has 3 aromatic rings. The zero-order valence-electron chi connectivity index (χ0n) is 11.3. The summed E-state index contributed by atoms with van der Waals surface area (Å²) in [7, 11) is 0. The fourth-order valence-electron chi connectivity index (χ4n) is 2.17. The van der Waals surface area contributed by atoms with Crippen molar-refractivity contribution in [3.8, 4) is 0 Å². The van der Waals surface area contributed by atoms with Crippen molar-refractivity contribution in [3.63, 3.8) is 0 Å². The predicted molar refractivity (Wildman–Crippen MR) is 83.4 cm³/mol. The molecule has 0 saturated carbocycles. The van der Waals surface area contributed by atoms with Gasteiger partial charge in [0.05, 0.1) is 10.6 Å². The van der Waals surface area contributed by atoms with Crippen LogP contribution < -0.4 is 5.73 Å². The molecule has 2 N–H and O–H groups in total. The number of anilines is 1. The van der Waals surface area contributed by atoms with Crippen LogP contribution in [0, 0.1) is 13.8 Å². The molecule has 0 spiro atoms. The first-order chi connectivity index (χ1) is 9.56. The van der Waals surface area contributed by atoms with Crippen LogP contribution in [-0.4, -0.2) is 10.8 Å². The maximum atomic E-state index is 12.6. The van der Waals surface area contributed by atoms with E-state index in [1.54, 1.807) is 0 Å². The van der Waals surface area contributed by atoms with Crippen molar-refractivity contribution in [1.82, 2.24) is 4.98 Å². The van der Waals surface area contributed by atoms with Crippen molar-refractivity contribution >= 4 is 32.3 Å². The molecule has 100 valence electrons. The third-order valence-electron chi connectivity index (χ3n) is 3.26. The Labute approximate surface area is 121 Å². The average molecular weight is 282 g/mol.